The van der Waals surface area contributed by atoms with Gasteiger partial charge in [0.2, 0.25) is 11.7 Å². The summed E-state index contributed by atoms with van der Waals surface area (Å²) < 4.78 is 10.7. The third-order valence-corrected chi connectivity index (χ3v) is 2.80. The molecule has 0 saturated carbocycles. The highest BCUT2D eigenvalue weighted by Gasteiger charge is 2.26. The fraction of sp³-hybridized carbons (Fsp3) is 0.385. The van der Waals surface area contributed by atoms with Crippen LogP contribution in [0.2, 0.25) is 0 Å². The van der Waals surface area contributed by atoms with E-state index in [0.29, 0.717) is 11.7 Å². The summed E-state index contributed by atoms with van der Waals surface area (Å²) in [5.74, 6) is 1.71. The van der Waals surface area contributed by atoms with Gasteiger partial charge in [0.05, 0.1) is 5.54 Å². The molecule has 18 heavy (non-hydrogen) atoms. The van der Waals surface area contributed by atoms with Crippen LogP contribution in [0.15, 0.2) is 34.9 Å². The Morgan fingerprint density at radius 1 is 1.33 bits per heavy atom. The maximum Gasteiger partial charge on any atom is 0.246 e. The fourth-order valence-corrected chi connectivity index (χ4v) is 1.36. The van der Waals surface area contributed by atoms with Crippen molar-refractivity contribution in [2.24, 2.45) is 5.73 Å². The topological polar surface area (TPSA) is 74.2 Å². The van der Waals surface area contributed by atoms with Crippen LogP contribution in [0, 0.1) is 0 Å². The zero-order valence-corrected chi connectivity index (χ0v) is 10.6. The monoisotopic (exact) mass is 247 g/mol. The van der Waals surface area contributed by atoms with Crippen molar-refractivity contribution in [2.45, 2.75) is 32.4 Å². The summed E-state index contributed by atoms with van der Waals surface area (Å²) in [6, 6.07) is 9.50. The van der Waals surface area contributed by atoms with E-state index in [1.54, 1.807) is 0 Å². The van der Waals surface area contributed by atoms with E-state index in [0.717, 1.165) is 12.2 Å². The standard InChI is InChI=1S/C13H17N3O2/c1-3-13(2,14)12-15-11(16-18-12)9-17-10-7-5-4-6-8-10/h4-8H,3,9,14H2,1-2H3. The van der Waals surface area contributed by atoms with Crippen LogP contribution in [0.1, 0.15) is 32.0 Å². The van der Waals surface area contributed by atoms with Crippen LogP contribution >= 0.6 is 0 Å². The van der Waals surface area contributed by atoms with E-state index in [1.165, 1.54) is 0 Å². The van der Waals surface area contributed by atoms with Crippen LogP contribution in [0.3, 0.4) is 0 Å². The highest BCUT2D eigenvalue weighted by atomic mass is 16.5. The number of aromatic nitrogens is 2. The molecule has 0 radical (unpaired) electrons. The normalized spacial score (nSPS) is 14.2. The molecule has 5 heteroatoms. The van der Waals surface area contributed by atoms with Gasteiger partial charge in [-0.2, -0.15) is 4.98 Å². The smallest absolute Gasteiger partial charge is 0.246 e. The number of ether oxygens (including phenoxy) is 1. The van der Waals surface area contributed by atoms with Gasteiger partial charge in [-0.25, -0.2) is 0 Å². The first-order chi connectivity index (χ1) is 8.62. The minimum Gasteiger partial charge on any atom is -0.485 e. The van der Waals surface area contributed by atoms with E-state index in [1.807, 2.05) is 44.2 Å². The minimum atomic E-state index is -0.585. The number of nitrogens with zero attached hydrogens (tertiary/aromatic N) is 2. The van der Waals surface area contributed by atoms with Gasteiger partial charge < -0.3 is 15.0 Å². The summed E-state index contributed by atoms with van der Waals surface area (Å²) in [4.78, 5) is 4.24. The first-order valence-electron chi connectivity index (χ1n) is 5.91. The minimum absolute atomic E-state index is 0.271. The summed E-state index contributed by atoms with van der Waals surface area (Å²) in [7, 11) is 0. The molecule has 1 aromatic carbocycles. The summed E-state index contributed by atoms with van der Waals surface area (Å²) >= 11 is 0. The zero-order valence-electron chi connectivity index (χ0n) is 10.6. The largest absolute Gasteiger partial charge is 0.485 e. The molecule has 1 atom stereocenters. The molecule has 2 rings (SSSR count). The molecule has 96 valence electrons. The predicted molar refractivity (Wildman–Crippen MR) is 66.9 cm³/mol. The number of hydrogen-bond donors (Lipinski definition) is 1. The summed E-state index contributed by atoms with van der Waals surface area (Å²) in [6.45, 7) is 4.11. The van der Waals surface area contributed by atoms with E-state index in [4.69, 9.17) is 15.0 Å². The van der Waals surface area contributed by atoms with Crippen LogP contribution < -0.4 is 10.5 Å². The summed E-state index contributed by atoms with van der Waals surface area (Å²) in [5, 5.41) is 3.85. The Balaban J connectivity index is 1.99. The lowest BCUT2D eigenvalue weighted by molar-refractivity contribution is 0.272. The predicted octanol–water partition coefficient (Wildman–Crippen LogP) is 2.23. The van der Waals surface area contributed by atoms with Crippen LogP contribution in [-0.2, 0) is 12.1 Å². The van der Waals surface area contributed by atoms with E-state index in [2.05, 4.69) is 10.1 Å². The van der Waals surface area contributed by atoms with Gasteiger partial charge in [0.15, 0.2) is 6.61 Å². The van der Waals surface area contributed by atoms with Gasteiger partial charge in [0.1, 0.15) is 5.75 Å². The maximum atomic E-state index is 6.02. The molecule has 0 spiro atoms. The molecule has 2 aromatic rings. The Labute approximate surface area is 106 Å². The highest BCUT2D eigenvalue weighted by molar-refractivity contribution is 5.20. The van der Waals surface area contributed by atoms with Crippen LogP contribution in [0.5, 0.6) is 5.75 Å². The molecule has 5 nitrogen and oxygen atoms in total. The van der Waals surface area contributed by atoms with Crippen LogP contribution in [0.4, 0.5) is 0 Å². The van der Waals surface area contributed by atoms with Gasteiger partial charge in [-0.3, -0.25) is 0 Å². The van der Waals surface area contributed by atoms with Crippen molar-refractivity contribution < 1.29 is 9.26 Å². The van der Waals surface area contributed by atoms with Crippen molar-refractivity contribution in [1.29, 1.82) is 0 Å². The van der Waals surface area contributed by atoms with Crippen molar-refractivity contribution in [3.05, 3.63) is 42.0 Å². The van der Waals surface area contributed by atoms with Gasteiger partial charge >= 0.3 is 0 Å². The van der Waals surface area contributed by atoms with Crippen LogP contribution in [-0.4, -0.2) is 10.1 Å². The lowest BCUT2D eigenvalue weighted by Crippen LogP contribution is -2.32. The van der Waals surface area contributed by atoms with Crippen molar-refractivity contribution in [1.82, 2.24) is 10.1 Å². The number of benzene rings is 1. The molecule has 2 N–H and O–H groups in total. The second-order valence-electron chi connectivity index (χ2n) is 4.39. The molecule has 1 unspecified atom stereocenters. The lowest BCUT2D eigenvalue weighted by Gasteiger charge is -2.16. The van der Waals surface area contributed by atoms with Crippen molar-refractivity contribution >= 4 is 0 Å². The molecule has 0 fully saturated rings. The van der Waals surface area contributed by atoms with E-state index in [-0.39, 0.29) is 6.61 Å². The quantitative estimate of drug-likeness (QED) is 0.877. The molecular formula is C13H17N3O2. The maximum absolute atomic E-state index is 6.02. The SMILES string of the molecule is CCC(C)(N)c1nc(COc2ccccc2)no1. The number of nitrogens with two attached hydrogens (primary N) is 1. The van der Waals surface area contributed by atoms with E-state index in [9.17, 15) is 0 Å². The third-order valence-electron chi connectivity index (χ3n) is 2.80. The summed E-state index contributed by atoms with van der Waals surface area (Å²) in [5.41, 5.74) is 5.44. The highest BCUT2D eigenvalue weighted by Crippen LogP contribution is 2.19. The first kappa shape index (κ1) is 12.6. The Morgan fingerprint density at radius 2 is 2.06 bits per heavy atom. The van der Waals surface area contributed by atoms with Gasteiger partial charge in [-0.15, -0.1) is 0 Å². The van der Waals surface area contributed by atoms with Crippen molar-refractivity contribution in [3.8, 4) is 5.75 Å². The van der Waals surface area contributed by atoms with Crippen LogP contribution in [0.25, 0.3) is 0 Å². The molecule has 0 aliphatic rings. The molecule has 1 heterocycles. The molecule has 0 aliphatic carbocycles. The first-order valence-corrected chi connectivity index (χ1v) is 5.91. The molecule has 0 saturated heterocycles. The molecule has 1 aromatic heterocycles. The zero-order chi connectivity index (χ0) is 13.0. The average Bonchev–Trinajstić information content (AvgIpc) is 2.87. The Hall–Kier alpha value is -1.88. The molecule has 0 bridgehead atoms. The van der Waals surface area contributed by atoms with Gasteiger partial charge in [-0.05, 0) is 25.5 Å². The number of hydrogen-bond acceptors (Lipinski definition) is 5. The molecular weight excluding hydrogens is 230 g/mol. The lowest BCUT2D eigenvalue weighted by atomic mass is 10.0. The summed E-state index contributed by atoms with van der Waals surface area (Å²) in [6.07, 6.45) is 0.730. The Morgan fingerprint density at radius 3 is 2.72 bits per heavy atom. The van der Waals surface area contributed by atoms with Gasteiger partial charge in [0.25, 0.3) is 0 Å². The fourth-order valence-electron chi connectivity index (χ4n) is 1.36. The van der Waals surface area contributed by atoms with E-state index < -0.39 is 5.54 Å². The van der Waals surface area contributed by atoms with Crippen molar-refractivity contribution in [2.75, 3.05) is 0 Å². The number of rotatable bonds is 5. The average molecular weight is 247 g/mol. The van der Waals surface area contributed by atoms with Gasteiger partial charge in [-0.1, -0.05) is 30.3 Å². The molecule has 0 amide bonds. The van der Waals surface area contributed by atoms with Crippen molar-refractivity contribution in [3.63, 3.8) is 0 Å². The Bertz CT molecular complexity index is 494. The van der Waals surface area contributed by atoms with E-state index >= 15 is 0 Å². The third kappa shape index (κ3) is 2.87. The Kier molecular flexibility index (Phi) is 3.62. The second-order valence-corrected chi connectivity index (χ2v) is 4.39. The second kappa shape index (κ2) is 5.18. The number of para-hydroxylation sites is 1. The molecule has 0 aliphatic heterocycles. The van der Waals surface area contributed by atoms with Gasteiger partial charge in [0, 0.05) is 0 Å².